The van der Waals surface area contributed by atoms with E-state index in [0.29, 0.717) is 29.4 Å². The summed E-state index contributed by atoms with van der Waals surface area (Å²) in [5, 5.41) is 11.7. The van der Waals surface area contributed by atoms with Crippen molar-refractivity contribution in [2.75, 3.05) is 11.1 Å². The third kappa shape index (κ3) is 6.56. The van der Waals surface area contributed by atoms with Crippen molar-refractivity contribution in [3.8, 4) is 5.75 Å². The van der Waals surface area contributed by atoms with Crippen LogP contribution >= 0.6 is 11.8 Å². The third-order valence-electron chi connectivity index (χ3n) is 5.04. The predicted octanol–water partition coefficient (Wildman–Crippen LogP) is 6.21. The van der Waals surface area contributed by atoms with Crippen molar-refractivity contribution in [1.82, 2.24) is 14.8 Å². The molecular weight excluding hydrogens is 458 g/mol. The van der Waals surface area contributed by atoms with Gasteiger partial charge in [0, 0.05) is 12.6 Å². The molecular formula is C25H30F2N4O2S. The number of amides is 1. The molecule has 0 bridgehead atoms. The minimum absolute atomic E-state index is 0.00152. The van der Waals surface area contributed by atoms with Gasteiger partial charge in [0.25, 0.3) is 0 Å². The first-order chi connectivity index (χ1) is 16.2. The van der Waals surface area contributed by atoms with Crippen molar-refractivity contribution in [3.05, 3.63) is 65.5 Å². The molecule has 1 aromatic heterocycles. The molecule has 0 radical (unpaired) electrons. The van der Waals surface area contributed by atoms with E-state index in [2.05, 4.69) is 49.3 Å². The minimum atomic E-state index is -0.823. The Morgan fingerprint density at radius 1 is 1.09 bits per heavy atom. The maximum absolute atomic E-state index is 13.8. The van der Waals surface area contributed by atoms with Crippen LogP contribution in [0.25, 0.3) is 0 Å². The van der Waals surface area contributed by atoms with Gasteiger partial charge >= 0.3 is 0 Å². The van der Waals surface area contributed by atoms with Crippen molar-refractivity contribution in [2.45, 2.75) is 58.3 Å². The lowest BCUT2D eigenvalue weighted by Gasteiger charge is -2.20. The fourth-order valence-corrected chi connectivity index (χ4v) is 4.21. The highest BCUT2D eigenvalue weighted by Crippen LogP contribution is 2.31. The largest absolute Gasteiger partial charge is 0.482 e. The molecule has 6 nitrogen and oxygen atoms in total. The van der Waals surface area contributed by atoms with Crippen LogP contribution in [-0.4, -0.2) is 26.4 Å². The minimum Gasteiger partial charge on any atom is -0.482 e. The van der Waals surface area contributed by atoms with Crippen molar-refractivity contribution in [1.29, 1.82) is 0 Å². The summed E-state index contributed by atoms with van der Waals surface area (Å²) in [6, 6.07) is 10.9. The molecule has 1 heterocycles. The van der Waals surface area contributed by atoms with E-state index >= 15 is 0 Å². The highest BCUT2D eigenvalue weighted by atomic mass is 32.2. The van der Waals surface area contributed by atoms with Crippen molar-refractivity contribution >= 4 is 23.4 Å². The van der Waals surface area contributed by atoms with Gasteiger partial charge in [-0.3, -0.25) is 4.79 Å². The first-order valence-corrected chi connectivity index (χ1v) is 12.2. The van der Waals surface area contributed by atoms with Gasteiger partial charge in [-0.15, -0.1) is 10.2 Å². The van der Waals surface area contributed by atoms with Crippen LogP contribution in [0, 0.1) is 17.6 Å². The van der Waals surface area contributed by atoms with E-state index in [1.165, 1.54) is 17.8 Å². The number of aromatic nitrogens is 3. The second-order valence-electron chi connectivity index (χ2n) is 8.76. The first kappa shape index (κ1) is 25.7. The number of thioether (sulfide) groups is 1. The van der Waals surface area contributed by atoms with Gasteiger partial charge in [0.15, 0.2) is 17.1 Å². The summed E-state index contributed by atoms with van der Waals surface area (Å²) < 4.78 is 35.1. The number of carbonyl (C=O) groups excluding carboxylic acids is 1. The monoisotopic (exact) mass is 488 g/mol. The highest BCUT2D eigenvalue weighted by Gasteiger charge is 2.22. The van der Waals surface area contributed by atoms with E-state index in [-0.39, 0.29) is 17.5 Å². The molecule has 0 aliphatic rings. The molecule has 3 aromatic rings. The van der Waals surface area contributed by atoms with Crippen LogP contribution in [0.1, 0.15) is 58.0 Å². The Labute approximate surface area is 203 Å². The fraction of sp³-hybridized carbons (Fsp3) is 0.400. The van der Waals surface area contributed by atoms with E-state index in [4.69, 9.17) is 4.74 Å². The first-order valence-electron chi connectivity index (χ1n) is 11.2. The number of halogens is 2. The maximum Gasteiger partial charge on any atom is 0.234 e. The number of para-hydroxylation sites is 1. The number of anilines is 1. The molecule has 0 saturated carbocycles. The molecule has 0 aliphatic carbocycles. The van der Waals surface area contributed by atoms with Gasteiger partial charge in [-0.2, -0.15) is 0 Å². The van der Waals surface area contributed by atoms with Crippen LogP contribution in [0.15, 0.2) is 47.6 Å². The standard InChI is InChI=1S/C25H30F2N4O2S/c1-15(2)13-31-24(17(5)33-22-9-7-6-8-19(22)16(3)4)29-30-25(31)34-14-23(32)28-21-11-10-18(26)12-20(21)27/h6-12,15-17H,13-14H2,1-5H3,(H,28,32). The summed E-state index contributed by atoms with van der Waals surface area (Å²) in [6.45, 7) is 11.0. The lowest BCUT2D eigenvalue weighted by molar-refractivity contribution is -0.113. The van der Waals surface area contributed by atoms with E-state index < -0.39 is 17.5 Å². The molecule has 3 rings (SSSR count). The van der Waals surface area contributed by atoms with Crippen molar-refractivity contribution in [3.63, 3.8) is 0 Å². The third-order valence-corrected chi connectivity index (χ3v) is 6.01. The quantitative estimate of drug-likeness (QED) is 0.344. The van der Waals surface area contributed by atoms with Crippen LogP contribution in [0.4, 0.5) is 14.5 Å². The Morgan fingerprint density at radius 3 is 2.50 bits per heavy atom. The molecule has 1 N–H and O–H groups in total. The molecule has 1 unspecified atom stereocenters. The molecule has 0 aliphatic heterocycles. The van der Waals surface area contributed by atoms with Gasteiger partial charge < -0.3 is 14.6 Å². The Morgan fingerprint density at radius 2 is 1.82 bits per heavy atom. The molecule has 9 heteroatoms. The normalized spacial score (nSPS) is 12.3. The Kier molecular flexibility index (Phi) is 8.66. The smallest absolute Gasteiger partial charge is 0.234 e. The summed E-state index contributed by atoms with van der Waals surface area (Å²) in [4.78, 5) is 12.4. The summed E-state index contributed by atoms with van der Waals surface area (Å²) >= 11 is 1.20. The number of hydrogen-bond acceptors (Lipinski definition) is 5. The van der Waals surface area contributed by atoms with Gasteiger partial charge in [-0.05, 0) is 42.5 Å². The predicted molar refractivity (Wildman–Crippen MR) is 130 cm³/mol. The zero-order chi connectivity index (χ0) is 24.8. The van der Waals surface area contributed by atoms with E-state index in [1.807, 2.05) is 29.7 Å². The molecule has 182 valence electrons. The molecule has 1 atom stereocenters. The number of carbonyl (C=O) groups is 1. The molecule has 1 amide bonds. The SMILES string of the molecule is CC(C)Cn1c(SCC(=O)Nc2ccc(F)cc2F)nnc1C(C)Oc1ccccc1C(C)C. The lowest BCUT2D eigenvalue weighted by atomic mass is 10.0. The summed E-state index contributed by atoms with van der Waals surface area (Å²) in [5.41, 5.74) is 1.05. The Bertz CT molecular complexity index is 1130. The summed E-state index contributed by atoms with van der Waals surface area (Å²) in [7, 11) is 0. The van der Waals surface area contributed by atoms with E-state index in [0.717, 1.165) is 23.4 Å². The molecule has 2 aromatic carbocycles. The van der Waals surface area contributed by atoms with Crippen LogP contribution < -0.4 is 10.1 Å². The topological polar surface area (TPSA) is 69.0 Å². The van der Waals surface area contributed by atoms with Gasteiger partial charge in [0.1, 0.15) is 17.4 Å². The van der Waals surface area contributed by atoms with Crippen LogP contribution in [0.2, 0.25) is 0 Å². The van der Waals surface area contributed by atoms with Crippen LogP contribution in [-0.2, 0) is 11.3 Å². The molecule has 0 fully saturated rings. The van der Waals surface area contributed by atoms with Gasteiger partial charge in [-0.25, -0.2) is 8.78 Å². The highest BCUT2D eigenvalue weighted by molar-refractivity contribution is 7.99. The Balaban J connectivity index is 1.74. The number of nitrogens with one attached hydrogen (secondary N) is 1. The van der Waals surface area contributed by atoms with E-state index in [1.54, 1.807) is 0 Å². The van der Waals surface area contributed by atoms with Crippen molar-refractivity contribution in [2.24, 2.45) is 5.92 Å². The molecule has 34 heavy (non-hydrogen) atoms. The number of hydrogen-bond donors (Lipinski definition) is 1. The lowest BCUT2D eigenvalue weighted by Crippen LogP contribution is -2.17. The van der Waals surface area contributed by atoms with Gasteiger partial charge in [0.05, 0.1) is 11.4 Å². The summed E-state index contributed by atoms with van der Waals surface area (Å²) in [6.07, 6.45) is -0.359. The number of ether oxygens (including phenoxy) is 1. The zero-order valence-electron chi connectivity index (χ0n) is 20.0. The van der Waals surface area contributed by atoms with Crippen LogP contribution in [0.3, 0.4) is 0 Å². The number of rotatable bonds is 10. The van der Waals surface area contributed by atoms with E-state index in [9.17, 15) is 13.6 Å². The second kappa shape index (κ2) is 11.5. The van der Waals surface area contributed by atoms with Crippen molar-refractivity contribution < 1.29 is 18.3 Å². The second-order valence-corrected chi connectivity index (χ2v) is 9.70. The number of nitrogens with zero attached hydrogens (tertiary/aromatic N) is 3. The average Bonchev–Trinajstić information content (AvgIpc) is 3.16. The summed E-state index contributed by atoms with van der Waals surface area (Å²) in [5.74, 6) is 0.144. The van der Waals surface area contributed by atoms with Gasteiger partial charge in [0.2, 0.25) is 5.91 Å². The molecule has 0 spiro atoms. The van der Waals surface area contributed by atoms with Crippen LogP contribution in [0.5, 0.6) is 5.75 Å². The fourth-order valence-electron chi connectivity index (χ4n) is 3.46. The molecule has 0 saturated heterocycles. The Hall–Kier alpha value is -2.94. The number of benzene rings is 2. The maximum atomic E-state index is 13.8. The average molecular weight is 489 g/mol. The zero-order valence-corrected chi connectivity index (χ0v) is 20.8. The van der Waals surface area contributed by atoms with Gasteiger partial charge in [-0.1, -0.05) is 57.7 Å².